The van der Waals surface area contributed by atoms with Crippen molar-refractivity contribution in [2.75, 3.05) is 4.90 Å². The molecule has 0 radical (unpaired) electrons. The van der Waals surface area contributed by atoms with E-state index in [1.54, 1.807) is 4.80 Å². The molecule has 1 fully saturated rings. The van der Waals surface area contributed by atoms with E-state index in [1.165, 1.54) is 12.0 Å². The molecule has 2 aromatic carbocycles. The van der Waals surface area contributed by atoms with Crippen LogP contribution in [-0.2, 0) is 6.42 Å². The second kappa shape index (κ2) is 7.37. The van der Waals surface area contributed by atoms with Gasteiger partial charge in [0, 0.05) is 0 Å². The first-order chi connectivity index (χ1) is 15.0. The van der Waals surface area contributed by atoms with E-state index >= 15 is 0 Å². The third-order valence-corrected chi connectivity index (χ3v) is 6.37. The molecule has 1 aliphatic heterocycles. The molecular weight excluding hydrogens is 388 g/mol. The molecule has 3 aromatic rings. The number of fused-ring (bicyclic) bond motifs is 1. The van der Waals surface area contributed by atoms with E-state index in [0.717, 1.165) is 60.1 Å². The van der Waals surface area contributed by atoms with Gasteiger partial charge in [0.05, 0.1) is 11.4 Å². The van der Waals surface area contributed by atoms with Crippen LogP contribution in [0.15, 0.2) is 46.4 Å². The van der Waals surface area contributed by atoms with E-state index in [4.69, 9.17) is 26.7 Å². The Morgan fingerprint density at radius 1 is 0.968 bits per heavy atom. The van der Waals surface area contributed by atoms with Crippen molar-refractivity contribution >= 4 is 28.6 Å². The Labute approximate surface area is 181 Å². The van der Waals surface area contributed by atoms with Crippen molar-refractivity contribution in [1.82, 2.24) is 15.0 Å². The number of hydrogen-bond donors (Lipinski definition) is 2. The molecule has 1 aromatic heterocycles. The first-order valence-electron chi connectivity index (χ1n) is 11.0. The third-order valence-electron chi connectivity index (χ3n) is 6.37. The molecule has 1 spiro atoms. The van der Waals surface area contributed by atoms with Gasteiger partial charge in [0.15, 0.2) is 0 Å². The molecule has 160 valence electrons. The fourth-order valence-electron chi connectivity index (χ4n) is 4.75. The monoisotopic (exact) mass is 416 g/mol. The molecule has 0 atom stereocenters. The predicted molar refractivity (Wildman–Crippen MR) is 125 cm³/mol. The van der Waals surface area contributed by atoms with Crippen LogP contribution in [0.4, 0.5) is 5.69 Å². The lowest BCUT2D eigenvalue weighted by atomic mass is 9.87. The van der Waals surface area contributed by atoms with E-state index in [0.29, 0.717) is 5.96 Å². The smallest absolute Gasteiger partial charge is 0.220 e. The van der Waals surface area contributed by atoms with E-state index in [2.05, 4.69) is 54.1 Å². The average Bonchev–Trinajstić information content (AvgIpc) is 3.16. The van der Waals surface area contributed by atoms with Crippen LogP contribution in [0.5, 0.6) is 0 Å². The van der Waals surface area contributed by atoms with Gasteiger partial charge < -0.3 is 11.5 Å². The Balaban J connectivity index is 1.59. The molecule has 2 heterocycles. The number of nitrogens with zero attached hydrogens (tertiary/aromatic N) is 6. The molecule has 1 aliphatic carbocycles. The van der Waals surface area contributed by atoms with Crippen LogP contribution in [0.2, 0.25) is 0 Å². The molecule has 0 bridgehead atoms. The van der Waals surface area contributed by atoms with Gasteiger partial charge in [0.1, 0.15) is 16.7 Å². The highest BCUT2D eigenvalue weighted by Gasteiger charge is 2.43. The fourth-order valence-corrected chi connectivity index (χ4v) is 4.75. The number of aliphatic imine (C=N–C) groups is 2. The van der Waals surface area contributed by atoms with Gasteiger partial charge in [-0.3, -0.25) is 4.90 Å². The van der Waals surface area contributed by atoms with Gasteiger partial charge in [0.25, 0.3) is 0 Å². The molecule has 0 unspecified atom stereocenters. The van der Waals surface area contributed by atoms with Crippen LogP contribution < -0.4 is 16.4 Å². The summed E-state index contributed by atoms with van der Waals surface area (Å²) in [6, 6.07) is 12.4. The predicted octanol–water partition coefficient (Wildman–Crippen LogP) is 3.40. The largest absolute Gasteiger partial charge is 0.369 e. The van der Waals surface area contributed by atoms with Crippen LogP contribution in [0, 0.1) is 6.92 Å². The number of anilines is 1. The summed E-state index contributed by atoms with van der Waals surface area (Å²) in [5, 5.41) is 9.44. The van der Waals surface area contributed by atoms with Crippen molar-refractivity contribution in [3.8, 4) is 5.69 Å². The number of rotatable bonds is 3. The summed E-state index contributed by atoms with van der Waals surface area (Å²) in [7, 11) is 0. The SMILES string of the molecule is CCc1ccc(-n2nc3cc(C)c(N4C(N)=NC(N)=NC45CCCCC5)cc3n2)cc1. The summed E-state index contributed by atoms with van der Waals surface area (Å²) in [6.07, 6.45) is 6.18. The Morgan fingerprint density at radius 2 is 1.65 bits per heavy atom. The van der Waals surface area contributed by atoms with Crippen molar-refractivity contribution in [3.05, 3.63) is 47.5 Å². The van der Waals surface area contributed by atoms with Crippen LogP contribution in [0.25, 0.3) is 16.7 Å². The summed E-state index contributed by atoms with van der Waals surface area (Å²) in [5.74, 6) is 0.648. The van der Waals surface area contributed by atoms with Gasteiger partial charge in [-0.15, -0.1) is 10.2 Å². The normalized spacial score (nSPS) is 18.3. The van der Waals surface area contributed by atoms with Crippen molar-refractivity contribution < 1.29 is 0 Å². The van der Waals surface area contributed by atoms with E-state index < -0.39 is 5.66 Å². The minimum atomic E-state index is -0.474. The van der Waals surface area contributed by atoms with Crippen LogP contribution in [0.3, 0.4) is 0 Å². The maximum absolute atomic E-state index is 6.42. The lowest BCUT2D eigenvalue weighted by Crippen LogP contribution is -2.58. The number of aryl methyl sites for hydroxylation is 2. The second-order valence-corrected chi connectivity index (χ2v) is 8.46. The number of nitrogens with two attached hydrogens (primary N) is 2. The van der Waals surface area contributed by atoms with Gasteiger partial charge >= 0.3 is 0 Å². The molecule has 1 saturated carbocycles. The maximum atomic E-state index is 6.42. The third kappa shape index (κ3) is 3.32. The molecule has 2 aliphatic rings. The molecule has 8 heteroatoms. The Kier molecular flexibility index (Phi) is 4.64. The van der Waals surface area contributed by atoms with E-state index in [9.17, 15) is 0 Å². The minimum absolute atomic E-state index is 0.260. The zero-order valence-corrected chi connectivity index (χ0v) is 18.0. The molecule has 4 N–H and O–H groups in total. The topological polar surface area (TPSA) is 111 Å². The van der Waals surface area contributed by atoms with Crippen molar-refractivity contribution in [3.63, 3.8) is 0 Å². The number of benzene rings is 2. The summed E-state index contributed by atoms with van der Waals surface area (Å²) < 4.78 is 0. The van der Waals surface area contributed by atoms with Crippen molar-refractivity contribution in [2.45, 2.75) is 58.0 Å². The molecule has 0 amide bonds. The highest BCUT2D eigenvalue weighted by atomic mass is 15.5. The molecule has 0 saturated heterocycles. The van der Waals surface area contributed by atoms with Crippen molar-refractivity contribution in [1.29, 1.82) is 0 Å². The molecular formula is C23H28N8. The first-order valence-corrected chi connectivity index (χ1v) is 11.0. The zero-order chi connectivity index (χ0) is 21.6. The number of aromatic nitrogens is 3. The van der Waals surface area contributed by atoms with Crippen LogP contribution >= 0.6 is 0 Å². The highest BCUT2D eigenvalue weighted by Crippen LogP contribution is 2.41. The highest BCUT2D eigenvalue weighted by molar-refractivity contribution is 6.06. The van der Waals surface area contributed by atoms with Gasteiger partial charge in [-0.25, -0.2) is 4.99 Å². The lowest BCUT2D eigenvalue weighted by molar-refractivity contribution is 0.305. The number of guanidine groups is 2. The fraction of sp³-hybridized carbons (Fsp3) is 0.391. The quantitative estimate of drug-likeness (QED) is 0.680. The average molecular weight is 417 g/mol. The maximum Gasteiger partial charge on any atom is 0.220 e. The summed E-state index contributed by atoms with van der Waals surface area (Å²) in [6.45, 7) is 4.21. The summed E-state index contributed by atoms with van der Waals surface area (Å²) in [4.78, 5) is 12.8. The first kappa shape index (κ1) is 19.5. The Bertz CT molecular complexity index is 1180. The zero-order valence-electron chi connectivity index (χ0n) is 18.0. The number of hydrogen-bond acceptors (Lipinski definition) is 7. The van der Waals surface area contributed by atoms with Crippen LogP contribution in [0.1, 0.15) is 50.2 Å². The summed E-state index contributed by atoms with van der Waals surface area (Å²) in [5.41, 5.74) is 17.9. The van der Waals surface area contributed by atoms with Crippen molar-refractivity contribution in [2.24, 2.45) is 21.5 Å². The molecule has 5 rings (SSSR count). The van der Waals surface area contributed by atoms with Gasteiger partial charge in [0.2, 0.25) is 11.9 Å². The Hall–Kier alpha value is -3.42. The molecule has 31 heavy (non-hydrogen) atoms. The standard InChI is InChI=1S/C23H28N8/c1-3-16-7-9-17(10-8-16)31-28-18-13-15(2)20(14-19(18)29-31)30-22(25)26-21(24)27-23(30)11-5-4-6-12-23/h7-10,13-14H,3-6,11-12H2,1-2H3,(H4,24,25,26,27). The van der Waals surface area contributed by atoms with Crippen LogP contribution in [-0.4, -0.2) is 32.6 Å². The second-order valence-electron chi connectivity index (χ2n) is 8.46. The Morgan fingerprint density at radius 3 is 2.32 bits per heavy atom. The van der Waals surface area contributed by atoms with E-state index in [1.807, 2.05) is 6.07 Å². The van der Waals surface area contributed by atoms with Gasteiger partial charge in [-0.1, -0.05) is 25.5 Å². The summed E-state index contributed by atoms with van der Waals surface area (Å²) >= 11 is 0. The lowest BCUT2D eigenvalue weighted by Gasteiger charge is -2.46. The minimum Gasteiger partial charge on any atom is -0.369 e. The van der Waals surface area contributed by atoms with Gasteiger partial charge in [-0.2, -0.15) is 9.79 Å². The van der Waals surface area contributed by atoms with E-state index in [-0.39, 0.29) is 5.96 Å². The van der Waals surface area contributed by atoms with Gasteiger partial charge in [-0.05, 0) is 74.4 Å². The molecule has 8 nitrogen and oxygen atoms in total.